The van der Waals surface area contributed by atoms with Crippen molar-refractivity contribution in [3.63, 3.8) is 0 Å². The topological polar surface area (TPSA) is 96.9 Å². The van der Waals surface area contributed by atoms with Crippen molar-refractivity contribution in [3.05, 3.63) is 38.8 Å². The summed E-state index contributed by atoms with van der Waals surface area (Å²) in [5, 5.41) is 6.66. The lowest BCUT2D eigenvalue weighted by Gasteiger charge is -2.04. The zero-order valence-electron chi connectivity index (χ0n) is 15.2. The fourth-order valence-electron chi connectivity index (χ4n) is 2.26. The third-order valence-corrected chi connectivity index (χ3v) is 6.36. The number of rotatable bonds is 6. The number of nitrogens with zero attached hydrogens (tertiary/aromatic N) is 3. The van der Waals surface area contributed by atoms with Crippen LogP contribution in [0.25, 0.3) is 10.6 Å². The van der Waals surface area contributed by atoms with Crippen LogP contribution in [0, 0.1) is 6.92 Å². The van der Waals surface area contributed by atoms with Gasteiger partial charge in [-0.05, 0) is 25.3 Å². The zero-order chi connectivity index (χ0) is 20.3. The van der Waals surface area contributed by atoms with Crippen LogP contribution in [-0.2, 0) is 11.3 Å². The number of thioether (sulfide) groups is 1. The molecule has 146 valence electrons. The maximum atomic E-state index is 12.5. The molecule has 28 heavy (non-hydrogen) atoms. The van der Waals surface area contributed by atoms with E-state index in [4.69, 9.17) is 11.6 Å². The number of amides is 2. The number of aromatic nitrogens is 3. The summed E-state index contributed by atoms with van der Waals surface area (Å²) in [6, 6.07) is 3.92. The second kappa shape index (κ2) is 8.99. The van der Waals surface area contributed by atoms with Gasteiger partial charge in [0.05, 0.1) is 28.3 Å². The van der Waals surface area contributed by atoms with Crippen LogP contribution in [-0.4, -0.2) is 33.0 Å². The highest BCUT2D eigenvalue weighted by Gasteiger charge is 2.18. The quantitative estimate of drug-likeness (QED) is 0.428. The summed E-state index contributed by atoms with van der Waals surface area (Å²) in [6.45, 7) is 3.91. The monoisotopic (exact) mass is 453 g/mol. The molecule has 11 heteroatoms. The third-order valence-electron chi connectivity index (χ3n) is 3.54. The Balaban J connectivity index is 1.77. The minimum atomic E-state index is -0.430. The van der Waals surface area contributed by atoms with E-state index in [1.807, 2.05) is 25.3 Å². The van der Waals surface area contributed by atoms with E-state index in [0.717, 1.165) is 20.3 Å². The lowest BCUT2D eigenvalue weighted by atomic mass is 10.3. The molecule has 0 bridgehead atoms. The zero-order valence-corrected chi connectivity index (χ0v) is 18.4. The molecule has 0 aliphatic heterocycles. The van der Waals surface area contributed by atoms with Crippen molar-refractivity contribution < 1.29 is 9.59 Å². The Morgan fingerprint density at radius 1 is 1.25 bits per heavy atom. The number of carbonyl (C=O) groups is 2. The fraction of sp³-hybridized carbons (Fsp3) is 0.235. The molecule has 0 atom stereocenters. The number of anilines is 1. The Bertz CT molecular complexity index is 1030. The average Bonchev–Trinajstić information content (AvgIpc) is 3.26. The van der Waals surface area contributed by atoms with E-state index >= 15 is 0 Å². The Labute approximate surface area is 179 Å². The average molecular weight is 454 g/mol. The van der Waals surface area contributed by atoms with Gasteiger partial charge in [-0.2, -0.15) is 0 Å². The van der Waals surface area contributed by atoms with Gasteiger partial charge in [-0.3, -0.25) is 14.9 Å². The highest BCUT2D eigenvalue weighted by Crippen LogP contribution is 2.35. The number of hydrogen-bond donors (Lipinski definition) is 2. The highest BCUT2D eigenvalue weighted by molar-refractivity contribution is 7.98. The van der Waals surface area contributed by atoms with Crippen LogP contribution in [0.3, 0.4) is 0 Å². The van der Waals surface area contributed by atoms with Gasteiger partial charge in [-0.1, -0.05) is 23.4 Å². The SMILES string of the molecule is CSc1ncc(Cl)c(C(=O)Nc2nc(-c3ccc(CNC(C)=O)s3)c(C)s2)n1. The molecule has 0 spiro atoms. The molecule has 3 aromatic heterocycles. The maximum Gasteiger partial charge on any atom is 0.277 e. The van der Waals surface area contributed by atoms with Gasteiger partial charge in [0.1, 0.15) is 0 Å². The molecule has 0 saturated carbocycles. The van der Waals surface area contributed by atoms with Crippen molar-refractivity contribution in [2.45, 2.75) is 25.5 Å². The summed E-state index contributed by atoms with van der Waals surface area (Å²) in [6.07, 6.45) is 3.23. The van der Waals surface area contributed by atoms with Gasteiger partial charge in [-0.25, -0.2) is 15.0 Å². The molecule has 0 saturated heterocycles. The predicted octanol–water partition coefficient (Wildman–Crippen LogP) is 4.23. The third kappa shape index (κ3) is 4.88. The standard InChI is InChI=1S/C17H16ClN5O2S3/c1-8-13(12-5-4-10(28-12)6-19-9(2)24)21-17(27-8)23-15(25)14-11(18)7-20-16(22-14)26-3/h4-5,7H,6H2,1-3H3,(H,19,24)(H,21,23,25). The van der Waals surface area contributed by atoms with Crippen LogP contribution < -0.4 is 10.6 Å². The Hall–Kier alpha value is -2.01. The van der Waals surface area contributed by atoms with Gasteiger partial charge in [0.25, 0.3) is 5.91 Å². The van der Waals surface area contributed by atoms with Crippen LogP contribution in [0.15, 0.2) is 23.5 Å². The van der Waals surface area contributed by atoms with E-state index in [-0.39, 0.29) is 16.6 Å². The molecule has 2 N–H and O–H groups in total. The van der Waals surface area contributed by atoms with Gasteiger partial charge in [0.15, 0.2) is 16.0 Å². The first-order chi connectivity index (χ1) is 13.4. The van der Waals surface area contributed by atoms with E-state index < -0.39 is 5.91 Å². The molecule has 0 aromatic carbocycles. The Kier molecular flexibility index (Phi) is 6.65. The summed E-state index contributed by atoms with van der Waals surface area (Å²) in [7, 11) is 0. The molecule has 0 fully saturated rings. The van der Waals surface area contributed by atoms with Gasteiger partial charge < -0.3 is 5.32 Å². The molecule has 2 amide bonds. The maximum absolute atomic E-state index is 12.5. The molecule has 0 radical (unpaired) electrons. The van der Waals surface area contributed by atoms with Crippen LogP contribution in [0.2, 0.25) is 5.02 Å². The largest absolute Gasteiger partial charge is 0.351 e. The first kappa shape index (κ1) is 20.7. The number of thiazole rings is 1. The summed E-state index contributed by atoms with van der Waals surface area (Å²) in [5.41, 5.74) is 0.919. The first-order valence-electron chi connectivity index (χ1n) is 8.06. The molecule has 0 unspecified atom stereocenters. The van der Waals surface area contributed by atoms with Crippen molar-refractivity contribution in [1.82, 2.24) is 20.3 Å². The Morgan fingerprint density at radius 2 is 2.04 bits per heavy atom. The van der Waals surface area contributed by atoms with Gasteiger partial charge in [0, 0.05) is 16.7 Å². The van der Waals surface area contributed by atoms with Crippen molar-refractivity contribution in [2.75, 3.05) is 11.6 Å². The molecular formula is C17H16ClN5O2S3. The van der Waals surface area contributed by atoms with E-state index in [0.29, 0.717) is 16.8 Å². The van der Waals surface area contributed by atoms with Crippen LogP contribution >= 0.6 is 46.0 Å². The molecule has 3 aromatic rings. The summed E-state index contributed by atoms with van der Waals surface area (Å²) >= 11 is 10.3. The molecule has 7 nitrogen and oxygen atoms in total. The van der Waals surface area contributed by atoms with Crippen LogP contribution in [0.4, 0.5) is 5.13 Å². The second-order valence-corrected chi connectivity index (χ2v) is 9.16. The summed E-state index contributed by atoms with van der Waals surface area (Å²) in [5.74, 6) is -0.502. The van der Waals surface area contributed by atoms with E-state index in [1.165, 1.54) is 36.2 Å². The van der Waals surface area contributed by atoms with Gasteiger partial charge >= 0.3 is 0 Å². The second-order valence-electron chi connectivity index (χ2n) is 5.61. The number of carbonyl (C=O) groups excluding carboxylic acids is 2. The number of aryl methyl sites for hydroxylation is 1. The van der Waals surface area contributed by atoms with Crippen LogP contribution in [0.5, 0.6) is 0 Å². The molecule has 3 heterocycles. The Morgan fingerprint density at radius 3 is 2.75 bits per heavy atom. The van der Waals surface area contributed by atoms with Crippen molar-refractivity contribution in [2.24, 2.45) is 0 Å². The van der Waals surface area contributed by atoms with Crippen molar-refractivity contribution in [1.29, 1.82) is 0 Å². The molecule has 0 aliphatic carbocycles. The van der Waals surface area contributed by atoms with Crippen LogP contribution in [0.1, 0.15) is 27.2 Å². The minimum Gasteiger partial charge on any atom is -0.351 e. The number of nitrogens with one attached hydrogen (secondary N) is 2. The van der Waals surface area contributed by atoms with Gasteiger partial charge in [-0.15, -0.1) is 22.7 Å². The number of thiophene rings is 1. The van der Waals surface area contributed by atoms with Crippen molar-refractivity contribution >= 4 is 63.0 Å². The summed E-state index contributed by atoms with van der Waals surface area (Å²) in [4.78, 5) is 39.3. The highest BCUT2D eigenvalue weighted by atomic mass is 35.5. The van der Waals surface area contributed by atoms with E-state index in [1.54, 1.807) is 11.3 Å². The predicted molar refractivity (Wildman–Crippen MR) is 114 cm³/mol. The smallest absolute Gasteiger partial charge is 0.277 e. The summed E-state index contributed by atoms with van der Waals surface area (Å²) < 4.78 is 0. The normalized spacial score (nSPS) is 10.7. The van der Waals surface area contributed by atoms with E-state index in [2.05, 4.69) is 25.6 Å². The minimum absolute atomic E-state index is 0.0715. The number of hydrogen-bond acceptors (Lipinski definition) is 8. The molecule has 0 aliphatic rings. The van der Waals surface area contributed by atoms with Gasteiger partial charge in [0.2, 0.25) is 5.91 Å². The lowest BCUT2D eigenvalue weighted by molar-refractivity contribution is -0.119. The fourth-order valence-corrected chi connectivity index (χ4v) is 4.65. The molecule has 3 rings (SSSR count). The van der Waals surface area contributed by atoms with E-state index in [9.17, 15) is 9.59 Å². The number of halogens is 1. The van der Waals surface area contributed by atoms with Crippen molar-refractivity contribution in [3.8, 4) is 10.6 Å². The lowest BCUT2D eigenvalue weighted by Crippen LogP contribution is -2.17. The first-order valence-corrected chi connectivity index (χ1v) is 11.3. The molecular weight excluding hydrogens is 438 g/mol.